The molecule has 2 rings (SSSR count). The Labute approximate surface area is 111 Å². The van der Waals surface area contributed by atoms with Crippen molar-refractivity contribution in [3.05, 3.63) is 11.4 Å². The molecule has 1 aliphatic carbocycles. The van der Waals surface area contributed by atoms with E-state index in [1.54, 1.807) is 6.92 Å². The number of nitrogens with two attached hydrogens (primary N) is 1. The highest BCUT2D eigenvalue weighted by Gasteiger charge is 2.36. The molecule has 7 nitrogen and oxygen atoms in total. The Morgan fingerprint density at radius 2 is 2.16 bits per heavy atom. The van der Waals surface area contributed by atoms with Gasteiger partial charge in [-0.2, -0.15) is 0 Å². The number of aromatic nitrogens is 3. The van der Waals surface area contributed by atoms with Crippen LogP contribution in [0.5, 0.6) is 0 Å². The summed E-state index contributed by atoms with van der Waals surface area (Å²) in [6.07, 6.45) is 2.45. The van der Waals surface area contributed by atoms with Crippen molar-refractivity contribution < 1.29 is 14.3 Å². The largest absolute Gasteiger partial charge is 0.461 e. The molecule has 0 bridgehead atoms. The van der Waals surface area contributed by atoms with Gasteiger partial charge in [-0.3, -0.25) is 4.79 Å². The molecule has 0 aliphatic heterocycles. The molecule has 1 fully saturated rings. The molecule has 1 heterocycles. The van der Waals surface area contributed by atoms with Crippen LogP contribution in [-0.2, 0) is 9.53 Å². The van der Waals surface area contributed by atoms with Crippen molar-refractivity contribution >= 4 is 11.9 Å². The highest BCUT2D eigenvalue weighted by molar-refractivity contribution is 5.89. The lowest BCUT2D eigenvalue weighted by Gasteiger charge is -2.14. The second-order valence-electron chi connectivity index (χ2n) is 4.59. The van der Waals surface area contributed by atoms with Crippen LogP contribution in [0.25, 0.3) is 0 Å². The molecule has 0 radical (unpaired) electrons. The SMILES string of the molecule is CCOC(=O)c1nnn(C(CC)C(N)=O)c1C1CC1. The lowest BCUT2D eigenvalue weighted by Crippen LogP contribution is -2.28. The normalized spacial score (nSPS) is 16.1. The van der Waals surface area contributed by atoms with Gasteiger partial charge in [0.05, 0.1) is 12.3 Å². The van der Waals surface area contributed by atoms with Crippen LogP contribution in [0.15, 0.2) is 0 Å². The minimum absolute atomic E-state index is 0.212. The maximum absolute atomic E-state index is 11.8. The Morgan fingerprint density at radius 3 is 2.63 bits per heavy atom. The molecule has 1 aromatic rings. The van der Waals surface area contributed by atoms with Crippen LogP contribution < -0.4 is 5.73 Å². The van der Waals surface area contributed by atoms with Crippen molar-refractivity contribution in [2.45, 2.75) is 45.1 Å². The summed E-state index contributed by atoms with van der Waals surface area (Å²) < 4.78 is 6.46. The van der Waals surface area contributed by atoms with Crippen molar-refractivity contribution in [1.29, 1.82) is 0 Å². The number of esters is 1. The highest BCUT2D eigenvalue weighted by atomic mass is 16.5. The first-order valence-corrected chi connectivity index (χ1v) is 6.51. The van der Waals surface area contributed by atoms with E-state index in [2.05, 4.69) is 10.3 Å². The number of hydrogen-bond donors (Lipinski definition) is 1. The second-order valence-corrected chi connectivity index (χ2v) is 4.59. The zero-order valence-corrected chi connectivity index (χ0v) is 11.1. The quantitative estimate of drug-likeness (QED) is 0.766. The van der Waals surface area contributed by atoms with Gasteiger partial charge in [0.25, 0.3) is 0 Å². The maximum atomic E-state index is 11.8. The number of primary amides is 1. The van der Waals surface area contributed by atoms with Crippen molar-refractivity contribution in [2.24, 2.45) is 5.73 Å². The molecule has 1 amide bonds. The fraction of sp³-hybridized carbons (Fsp3) is 0.667. The molecule has 1 saturated carbocycles. The fourth-order valence-electron chi connectivity index (χ4n) is 2.11. The molecule has 0 saturated heterocycles. The van der Waals surface area contributed by atoms with E-state index in [1.807, 2.05) is 6.92 Å². The summed E-state index contributed by atoms with van der Waals surface area (Å²) in [5, 5.41) is 7.82. The van der Waals surface area contributed by atoms with Gasteiger partial charge in [-0.1, -0.05) is 12.1 Å². The summed E-state index contributed by atoms with van der Waals surface area (Å²) in [6.45, 7) is 3.86. The first-order chi connectivity index (χ1) is 9.10. The van der Waals surface area contributed by atoms with Crippen molar-refractivity contribution in [3.8, 4) is 0 Å². The number of carbonyl (C=O) groups excluding carboxylic acids is 2. The fourth-order valence-corrected chi connectivity index (χ4v) is 2.11. The van der Waals surface area contributed by atoms with Crippen LogP contribution in [0.4, 0.5) is 0 Å². The van der Waals surface area contributed by atoms with Gasteiger partial charge in [0, 0.05) is 5.92 Å². The van der Waals surface area contributed by atoms with Gasteiger partial charge in [-0.25, -0.2) is 9.48 Å². The molecule has 7 heteroatoms. The van der Waals surface area contributed by atoms with Gasteiger partial charge < -0.3 is 10.5 Å². The van der Waals surface area contributed by atoms with E-state index in [9.17, 15) is 9.59 Å². The van der Waals surface area contributed by atoms with Gasteiger partial charge in [0.15, 0.2) is 5.69 Å². The van der Waals surface area contributed by atoms with Gasteiger partial charge >= 0.3 is 5.97 Å². The molecule has 1 unspecified atom stereocenters. The Hall–Kier alpha value is -1.92. The van der Waals surface area contributed by atoms with Crippen molar-refractivity contribution in [1.82, 2.24) is 15.0 Å². The van der Waals surface area contributed by atoms with E-state index < -0.39 is 17.9 Å². The number of rotatable bonds is 6. The second kappa shape index (κ2) is 5.38. The van der Waals surface area contributed by atoms with Crippen molar-refractivity contribution in [2.75, 3.05) is 6.61 Å². The number of hydrogen-bond acceptors (Lipinski definition) is 5. The van der Waals surface area contributed by atoms with E-state index in [-0.39, 0.29) is 18.2 Å². The average molecular weight is 266 g/mol. The lowest BCUT2D eigenvalue weighted by molar-refractivity contribution is -0.121. The summed E-state index contributed by atoms with van der Waals surface area (Å²) in [5.41, 5.74) is 6.27. The number of nitrogens with zero attached hydrogens (tertiary/aromatic N) is 3. The number of ether oxygens (including phenoxy) is 1. The standard InChI is InChI=1S/C12H18N4O3/c1-3-8(11(13)17)16-10(7-5-6-7)9(14-15-16)12(18)19-4-2/h7-8H,3-6H2,1-2H3,(H2,13,17). The molecular weight excluding hydrogens is 248 g/mol. The lowest BCUT2D eigenvalue weighted by atomic mass is 10.1. The molecule has 19 heavy (non-hydrogen) atoms. The number of carbonyl (C=O) groups is 2. The Kier molecular flexibility index (Phi) is 3.82. The smallest absolute Gasteiger partial charge is 0.360 e. The minimum Gasteiger partial charge on any atom is -0.461 e. The third-order valence-corrected chi connectivity index (χ3v) is 3.17. The van der Waals surface area contributed by atoms with Gasteiger partial charge in [-0.05, 0) is 26.2 Å². The van der Waals surface area contributed by atoms with E-state index in [0.29, 0.717) is 12.1 Å². The van der Waals surface area contributed by atoms with Crippen LogP contribution in [0.2, 0.25) is 0 Å². The zero-order valence-electron chi connectivity index (χ0n) is 11.1. The van der Waals surface area contributed by atoms with Crippen LogP contribution in [0.1, 0.15) is 61.3 Å². The van der Waals surface area contributed by atoms with Crippen LogP contribution >= 0.6 is 0 Å². The summed E-state index contributed by atoms with van der Waals surface area (Å²) in [4.78, 5) is 23.3. The zero-order chi connectivity index (χ0) is 14.0. The summed E-state index contributed by atoms with van der Waals surface area (Å²) in [6, 6.07) is -0.564. The third kappa shape index (κ3) is 2.59. The van der Waals surface area contributed by atoms with E-state index in [0.717, 1.165) is 12.8 Å². The maximum Gasteiger partial charge on any atom is 0.360 e. The topological polar surface area (TPSA) is 100 Å². The molecule has 1 aliphatic rings. The average Bonchev–Trinajstić information content (AvgIpc) is 3.11. The van der Waals surface area contributed by atoms with E-state index >= 15 is 0 Å². The summed E-state index contributed by atoms with van der Waals surface area (Å²) in [7, 11) is 0. The molecule has 104 valence electrons. The minimum atomic E-state index is -0.564. The van der Waals surface area contributed by atoms with Gasteiger partial charge in [0.2, 0.25) is 5.91 Å². The van der Waals surface area contributed by atoms with Crippen molar-refractivity contribution in [3.63, 3.8) is 0 Å². The summed E-state index contributed by atoms with van der Waals surface area (Å²) in [5.74, 6) is -0.734. The first-order valence-electron chi connectivity index (χ1n) is 6.51. The van der Waals surface area contributed by atoms with Gasteiger partial charge in [-0.15, -0.1) is 5.10 Å². The molecule has 0 spiro atoms. The first kappa shape index (κ1) is 13.5. The molecule has 1 aromatic heterocycles. The number of amides is 1. The van der Waals surface area contributed by atoms with E-state index in [4.69, 9.17) is 10.5 Å². The molecule has 0 aromatic carbocycles. The predicted molar refractivity (Wildman–Crippen MR) is 66.5 cm³/mol. The highest BCUT2D eigenvalue weighted by Crippen LogP contribution is 2.42. The van der Waals surface area contributed by atoms with Crippen LogP contribution in [0, 0.1) is 0 Å². The molecule has 1 atom stereocenters. The molecular formula is C12H18N4O3. The molecule has 2 N–H and O–H groups in total. The van der Waals surface area contributed by atoms with E-state index in [1.165, 1.54) is 4.68 Å². The van der Waals surface area contributed by atoms with Crippen LogP contribution in [-0.4, -0.2) is 33.5 Å². The Morgan fingerprint density at radius 1 is 1.47 bits per heavy atom. The summed E-state index contributed by atoms with van der Waals surface area (Å²) >= 11 is 0. The Bertz CT molecular complexity index is 493. The van der Waals surface area contributed by atoms with Crippen LogP contribution in [0.3, 0.4) is 0 Å². The monoisotopic (exact) mass is 266 g/mol. The Balaban J connectivity index is 2.39. The third-order valence-electron chi connectivity index (χ3n) is 3.17. The van der Waals surface area contributed by atoms with Gasteiger partial charge in [0.1, 0.15) is 6.04 Å². The predicted octanol–water partition coefficient (Wildman–Crippen LogP) is 0.769.